The van der Waals surface area contributed by atoms with Gasteiger partial charge in [0.15, 0.2) is 5.82 Å². The van der Waals surface area contributed by atoms with Gasteiger partial charge in [-0.3, -0.25) is 10.3 Å². The van der Waals surface area contributed by atoms with Crippen LogP contribution in [0, 0.1) is 0 Å². The summed E-state index contributed by atoms with van der Waals surface area (Å²) in [6.45, 7) is 2.78. The maximum absolute atomic E-state index is 12.6. The molecular weight excluding hydrogens is 370 g/mol. The minimum Gasteiger partial charge on any atom is -0.494 e. The molecule has 1 aliphatic rings. The number of likely N-dealkylation sites (tertiary alicyclic amines) is 1. The molecule has 4 rings (SSSR count). The third kappa shape index (κ3) is 3.97. The number of amides is 2. The second-order valence-electron chi connectivity index (χ2n) is 7.42. The Labute approximate surface area is 168 Å². The number of pyridine rings is 1. The molecule has 0 atom stereocenters. The van der Waals surface area contributed by atoms with E-state index in [0.29, 0.717) is 48.5 Å². The number of urea groups is 1. The van der Waals surface area contributed by atoms with Crippen LogP contribution in [0.1, 0.15) is 19.8 Å². The first-order chi connectivity index (χ1) is 14.0. The van der Waals surface area contributed by atoms with E-state index in [1.165, 1.54) is 0 Å². The van der Waals surface area contributed by atoms with Crippen molar-refractivity contribution in [2.45, 2.75) is 25.4 Å². The van der Waals surface area contributed by atoms with Gasteiger partial charge in [-0.25, -0.2) is 14.8 Å². The van der Waals surface area contributed by atoms with E-state index in [1.807, 2.05) is 24.3 Å². The summed E-state index contributed by atoms with van der Waals surface area (Å²) in [5, 5.41) is 12.9. The van der Waals surface area contributed by atoms with Crippen molar-refractivity contribution >= 4 is 22.9 Å². The molecule has 0 unspecified atom stereocenters. The van der Waals surface area contributed by atoms with Gasteiger partial charge in [0.2, 0.25) is 0 Å². The van der Waals surface area contributed by atoms with E-state index in [9.17, 15) is 9.90 Å². The number of hydrogen-bond acceptors (Lipinski definition) is 6. The summed E-state index contributed by atoms with van der Waals surface area (Å²) in [6.07, 6.45) is 6.12. The van der Waals surface area contributed by atoms with Crippen molar-refractivity contribution in [3.05, 3.63) is 42.9 Å². The Morgan fingerprint density at radius 3 is 2.69 bits per heavy atom. The first-order valence-electron chi connectivity index (χ1n) is 9.49. The van der Waals surface area contributed by atoms with Crippen molar-refractivity contribution in [1.82, 2.24) is 19.9 Å². The van der Waals surface area contributed by atoms with Crippen molar-refractivity contribution in [2.75, 3.05) is 25.5 Å². The number of carbonyl (C=O) groups is 1. The first kappa shape index (κ1) is 19.1. The van der Waals surface area contributed by atoms with Crippen LogP contribution in [0.15, 0.2) is 42.9 Å². The number of carbonyl (C=O) groups excluding carboxylic acids is 1. The topological polar surface area (TPSA) is 100 Å². The summed E-state index contributed by atoms with van der Waals surface area (Å²) in [5.41, 5.74) is 2.33. The van der Waals surface area contributed by atoms with E-state index in [-0.39, 0.29) is 6.03 Å². The number of nitrogens with one attached hydrogen (secondary N) is 1. The van der Waals surface area contributed by atoms with Gasteiger partial charge in [-0.15, -0.1) is 0 Å². The fraction of sp³-hybridized carbons (Fsp3) is 0.333. The molecule has 1 fully saturated rings. The van der Waals surface area contributed by atoms with E-state index in [1.54, 1.807) is 37.5 Å². The van der Waals surface area contributed by atoms with Crippen molar-refractivity contribution < 1.29 is 14.6 Å². The molecule has 29 heavy (non-hydrogen) atoms. The smallest absolute Gasteiger partial charge is 0.323 e. The number of fused-ring (bicyclic) bond motifs is 1. The zero-order valence-electron chi connectivity index (χ0n) is 16.4. The second kappa shape index (κ2) is 7.63. The molecule has 0 aliphatic carbocycles. The highest BCUT2D eigenvalue weighted by Crippen LogP contribution is 2.32. The monoisotopic (exact) mass is 393 g/mol. The predicted molar refractivity (Wildman–Crippen MR) is 110 cm³/mol. The molecule has 0 saturated carbocycles. The Morgan fingerprint density at radius 2 is 2.00 bits per heavy atom. The normalized spacial score (nSPS) is 15.9. The van der Waals surface area contributed by atoms with Gasteiger partial charge in [0.05, 0.1) is 18.9 Å². The third-order valence-corrected chi connectivity index (χ3v) is 5.22. The van der Waals surface area contributed by atoms with Crippen LogP contribution in [0.3, 0.4) is 0 Å². The van der Waals surface area contributed by atoms with Crippen molar-refractivity contribution in [2.24, 2.45) is 0 Å². The Hall–Kier alpha value is -3.26. The highest BCUT2D eigenvalue weighted by atomic mass is 16.5. The SMILES string of the molecule is COc1ccc(-c2cccnc2)c2ncc(NC(=O)N3CCC(C)(O)CC3)nc12. The van der Waals surface area contributed by atoms with Crippen LogP contribution >= 0.6 is 0 Å². The van der Waals surface area contributed by atoms with Gasteiger partial charge in [0.1, 0.15) is 16.8 Å². The Kier molecular flexibility index (Phi) is 5.02. The molecule has 3 aromatic rings. The Balaban J connectivity index is 1.63. The summed E-state index contributed by atoms with van der Waals surface area (Å²) < 4.78 is 5.45. The number of piperidine rings is 1. The minimum absolute atomic E-state index is 0.253. The van der Waals surface area contributed by atoms with E-state index in [4.69, 9.17) is 4.74 Å². The first-order valence-corrected chi connectivity index (χ1v) is 9.49. The number of aromatic nitrogens is 3. The zero-order valence-corrected chi connectivity index (χ0v) is 16.4. The lowest BCUT2D eigenvalue weighted by Crippen LogP contribution is -2.46. The van der Waals surface area contributed by atoms with Crippen LogP contribution in [0.4, 0.5) is 10.6 Å². The summed E-state index contributed by atoms with van der Waals surface area (Å²) in [5.74, 6) is 0.923. The van der Waals surface area contributed by atoms with Gasteiger partial charge >= 0.3 is 6.03 Å². The summed E-state index contributed by atoms with van der Waals surface area (Å²) in [4.78, 5) is 27.6. The molecule has 1 aromatic carbocycles. The molecule has 2 aromatic heterocycles. The minimum atomic E-state index is -0.713. The second-order valence-corrected chi connectivity index (χ2v) is 7.42. The van der Waals surface area contributed by atoms with Crippen molar-refractivity contribution in [1.29, 1.82) is 0 Å². The van der Waals surface area contributed by atoms with Crippen LogP contribution < -0.4 is 10.1 Å². The van der Waals surface area contributed by atoms with Gasteiger partial charge in [-0.2, -0.15) is 0 Å². The van der Waals surface area contributed by atoms with Crippen LogP contribution in [-0.2, 0) is 0 Å². The number of rotatable bonds is 3. The summed E-state index contributed by atoms with van der Waals surface area (Å²) in [7, 11) is 1.57. The zero-order chi connectivity index (χ0) is 20.4. The average Bonchev–Trinajstić information content (AvgIpc) is 2.73. The van der Waals surface area contributed by atoms with Crippen molar-refractivity contribution in [3.8, 4) is 16.9 Å². The Morgan fingerprint density at radius 1 is 1.21 bits per heavy atom. The number of methoxy groups -OCH3 is 1. The standard InChI is InChI=1S/C21H23N5O3/c1-21(28)7-10-26(11-8-21)20(27)25-17-13-23-18-15(14-4-3-9-22-12-14)5-6-16(29-2)19(18)24-17/h3-6,9,12-13,28H,7-8,10-11H2,1-2H3,(H,24,25,27). The molecule has 1 aliphatic heterocycles. The average molecular weight is 393 g/mol. The van der Waals surface area contributed by atoms with Gasteiger partial charge in [0, 0.05) is 36.6 Å². The van der Waals surface area contributed by atoms with Gasteiger partial charge in [0.25, 0.3) is 0 Å². The molecular formula is C21H23N5O3. The van der Waals surface area contributed by atoms with Crippen LogP contribution in [-0.4, -0.2) is 56.8 Å². The summed E-state index contributed by atoms with van der Waals surface area (Å²) >= 11 is 0. The maximum Gasteiger partial charge on any atom is 0.323 e. The van der Waals surface area contributed by atoms with E-state index >= 15 is 0 Å². The van der Waals surface area contributed by atoms with Crippen LogP contribution in [0.25, 0.3) is 22.2 Å². The molecule has 8 nitrogen and oxygen atoms in total. The van der Waals surface area contributed by atoms with Crippen LogP contribution in [0.2, 0.25) is 0 Å². The summed E-state index contributed by atoms with van der Waals surface area (Å²) in [6, 6.07) is 7.32. The lowest BCUT2D eigenvalue weighted by atomic mass is 9.94. The van der Waals surface area contributed by atoms with Crippen molar-refractivity contribution in [3.63, 3.8) is 0 Å². The lowest BCUT2D eigenvalue weighted by Gasteiger charge is -2.35. The third-order valence-electron chi connectivity index (χ3n) is 5.22. The number of benzene rings is 1. The predicted octanol–water partition coefficient (Wildman–Crippen LogP) is 3.08. The quantitative estimate of drug-likeness (QED) is 0.709. The molecule has 1 saturated heterocycles. The number of ether oxygens (including phenoxy) is 1. The van der Waals surface area contributed by atoms with Crippen LogP contribution in [0.5, 0.6) is 5.75 Å². The largest absolute Gasteiger partial charge is 0.494 e. The van der Waals surface area contributed by atoms with E-state index in [2.05, 4.69) is 20.3 Å². The molecule has 2 N–H and O–H groups in total. The fourth-order valence-corrected chi connectivity index (χ4v) is 3.44. The molecule has 2 amide bonds. The fourth-order valence-electron chi connectivity index (χ4n) is 3.44. The molecule has 0 radical (unpaired) electrons. The highest BCUT2D eigenvalue weighted by Gasteiger charge is 2.29. The number of nitrogens with zero attached hydrogens (tertiary/aromatic N) is 4. The van der Waals surface area contributed by atoms with E-state index in [0.717, 1.165) is 11.1 Å². The van der Waals surface area contributed by atoms with E-state index < -0.39 is 5.60 Å². The highest BCUT2D eigenvalue weighted by molar-refractivity contribution is 5.96. The van der Waals surface area contributed by atoms with Gasteiger partial charge < -0.3 is 14.7 Å². The lowest BCUT2D eigenvalue weighted by molar-refractivity contribution is 0.00569. The molecule has 3 heterocycles. The molecule has 0 bridgehead atoms. The molecule has 0 spiro atoms. The molecule has 8 heteroatoms. The number of aliphatic hydroxyl groups is 1. The number of hydrogen-bond donors (Lipinski definition) is 2. The van der Waals surface area contributed by atoms with Gasteiger partial charge in [-0.05, 0) is 38.0 Å². The Bertz CT molecular complexity index is 1030. The molecule has 150 valence electrons. The van der Waals surface area contributed by atoms with Gasteiger partial charge in [-0.1, -0.05) is 6.07 Å². The number of anilines is 1. The maximum atomic E-state index is 12.6.